The normalized spacial score (nSPS) is 15.1. The van der Waals surface area contributed by atoms with Gasteiger partial charge in [-0.15, -0.1) is 0 Å². The Kier molecular flexibility index (Phi) is 7.61. The second-order valence-corrected chi connectivity index (χ2v) is 9.36. The molecule has 12 heteroatoms. The first-order valence-corrected chi connectivity index (χ1v) is 11.1. The molecule has 0 aliphatic heterocycles. The predicted octanol–water partition coefficient (Wildman–Crippen LogP) is 3.71. The van der Waals surface area contributed by atoms with Gasteiger partial charge in [-0.05, 0) is 52.5 Å². The molecule has 0 unspecified atom stereocenters. The summed E-state index contributed by atoms with van der Waals surface area (Å²) in [5, 5.41) is 8.57. The monoisotopic (exact) mass is 492 g/mol. The fourth-order valence-corrected chi connectivity index (χ4v) is 3.50. The average Bonchev–Trinajstić information content (AvgIpc) is 3.57. The van der Waals surface area contributed by atoms with Crippen LogP contribution >= 0.6 is 0 Å². The minimum atomic E-state index is -0.925. The predicted molar refractivity (Wildman–Crippen MR) is 126 cm³/mol. The molecule has 0 radical (unpaired) electrons. The third-order valence-electron chi connectivity index (χ3n) is 5.22. The number of alkyl carbamates (subject to hydrolysis) is 1. The zero-order chi connectivity index (χ0) is 25.9. The number of hydrogen-bond acceptors (Lipinski definition) is 8. The number of methoxy groups -OCH3 is 1. The number of aromatic nitrogens is 2. The summed E-state index contributed by atoms with van der Waals surface area (Å²) in [6.07, 6.45) is 2.46. The molecule has 0 bridgehead atoms. The van der Waals surface area contributed by atoms with Crippen molar-refractivity contribution in [3.05, 3.63) is 35.5 Å². The van der Waals surface area contributed by atoms with Crippen LogP contribution in [0.4, 0.5) is 30.9 Å². The lowest BCUT2D eigenvalue weighted by atomic mass is 10.0. The molecule has 190 valence electrons. The minimum Gasteiger partial charge on any atom is -0.479 e. The molecule has 0 spiro atoms. The van der Waals surface area contributed by atoms with Crippen LogP contribution in [0.2, 0.25) is 0 Å². The molecule has 0 aromatic carbocycles. The van der Waals surface area contributed by atoms with Crippen molar-refractivity contribution in [2.75, 3.05) is 17.7 Å². The van der Waals surface area contributed by atoms with Gasteiger partial charge in [0.1, 0.15) is 11.4 Å². The van der Waals surface area contributed by atoms with E-state index in [1.54, 1.807) is 27.7 Å². The van der Waals surface area contributed by atoms with Crippen LogP contribution in [0.3, 0.4) is 0 Å². The summed E-state index contributed by atoms with van der Waals surface area (Å²) >= 11 is 0. The van der Waals surface area contributed by atoms with Crippen LogP contribution in [-0.2, 0) is 4.74 Å². The fourth-order valence-electron chi connectivity index (χ4n) is 3.50. The summed E-state index contributed by atoms with van der Waals surface area (Å²) in [6, 6.07) is 1.25. The third-order valence-corrected chi connectivity index (χ3v) is 5.22. The van der Waals surface area contributed by atoms with Crippen LogP contribution in [0.25, 0.3) is 0 Å². The van der Waals surface area contributed by atoms with Crippen molar-refractivity contribution in [3.8, 4) is 5.88 Å². The summed E-state index contributed by atoms with van der Waals surface area (Å²) in [6.45, 7) is 7.05. The highest BCUT2D eigenvalue weighted by molar-refractivity contribution is 5.98. The smallest absolute Gasteiger partial charge is 0.407 e. The van der Waals surface area contributed by atoms with Gasteiger partial charge in [0.15, 0.2) is 17.5 Å². The number of carbonyl (C=O) groups is 2. The van der Waals surface area contributed by atoms with Crippen molar-refractivity contribution in [3.63, 3.8) is 0 Å². The number of carbonyl (C=O) groups excluding carboxylic acids is 2. The Labute approximate surface area is 202 Å². The number of pyridine rings is 2. The van der Waals surface area contributed by atoms with Gasteiger partial charge in [0.25, 0.3) is 5.91 Å². The summed E-state index contributed by atoms with van der Waals surface area (Å²) in [4.78, 5) is 32.2. The molecule has 10 nitrogen and oxygen atoms in total. The highest BCUT2D eigenvalue weighted by Crippen LogP contribution is 2.36. The zero-order valence-corrected chi connectivity index (χ0v) is 20.2. The minimum absolute atomic E-state index is 0.0879. The molecule has 2 aromatic heterocycles. The fraction of sp³-hybridized carbons (Fsp3) is 0.478. The number of ether oxygens (including phenoxy) is 2. The summed E-state index contributed by atoms with van der Waals surface area (Å²) < 4.78 is 39.1. The molecule has 3 rings (SSSR count). The van der Waals surface area contributed by atoms with Crippen LogP contribution in [0.5, 0.6) is 5.88 Å². The number of amides is 2. The molecule has 5 N–H and O–H groups in total. The van der Waals surface area contributed by atoms with Gasteiger partial charge in [-0.25, -0.2) is 23.5 Å². The maximum absolute atomic E-state index is 14.9. The molecular formula is C23H30F2N6O4. The molecule has 1 fully saturated rings. The Bertz CT molecular complexity index is 1100. The van der Waals surface area contributed by atoms with Crippen molar-refractivity contribution >= 4 is 29.3 Å². The molecule has 1 aliphatic carbocycles. The number of primary amides is 1. The molecule has 1 aliphatic rings. The van der Waals surface area contributed by atoms with E-state index in [0.717, 1.165) is 25.0 Å². The lowest BCUT2D eigenvalue weighted by molar-refractivity contribution is 0.0501. The Morgan fingerprint density at radius 2 is 1.86 bits per heavy atom. The summed E-state index contributed by atoms with van der Waals surface area (Å²) in [5.74, 6) is -2.75. The Hall–Kier alpha value is -3.70. The first-order valence-electron chi connectivity index (χ1n) is 11.1. The van der Waals surface area contributed by atoms with Gasteiger partial charge in [-0.3, -0.25) is 4.79 Å². The van der Waals surface area contributed by atoms with Crippen molar-refractivity contribution in [2.45, 2.75) is 58.2 Å². The maximum Gasteiger partial charge on any atom is 0.407 e. The van der Waals surface area contributed by atoms with E-state index in [0.29, 0.717) is 0 Å². The quantitative estimate of drug-likeness (QED) is 0.415. The van der Waals surface area contributed by atoms with E-state index in [1.165, 1.54) is 13.3 Å². The lowest BCUT2D eigenvalue weighted by Crippen LogP contribution is -2.47. The van der Waals surface area contributed by atoms with E-state index in [2.05, 4.69) is 25.9 Å². The number of anilines is 3. The van der Waals surface area contributed by atoms with Gasteiger partial charge in [-0.1, -0.05) is 0 Å². The van der Waals surface area contributed by atoms with Crippen molar-refractivity contribution in [1.29, 1.82) is 0 Å². The van der Waals surface area contributed by atoms with Crippen LogP contribution in [-0.4, -0.2) is 46.8 Å². The van der Waals surface area contributed by atoms with E-state index in [-0.39, 0.29) is 40.7 Å². The van der Waals surface area contributed by atoms with Gasteiger partial charge in [-0.2, -0.15) is 0 Å². The topological polar surface area (TPSA) is 140 Å². The molecule has 2 aromatic rings. The van der Waals surface area contributed by atoms with Crippen LogP contribution in [0.15, 0.2) is 18.3 Å². The molecule has 35 heavy (non-hydrogen) atoms. The van der Waals surface area contributed by atoms with Gasteiger partial charge >= 0.3 is 6.09 Å². The number of hydrogen-bond donors (Lipinski definition) is 4. The number of nitrogens with one attached hydrogen (secondary N) is 3. The molecule has 1 saturated carbocycles. The van der Waals surface area contributed by atoms with Crippen LogP contribution in [0.1, 0.15) is 50.9 Å². The number of nitrogens with zero attached hydrogens (tertiary/aromatic N) is 2. The molecule has 0 saturated heterocycles. The lowest BCUT2D eigenvalue weighted by Gasteiger charge is -2.28. The van der Waals surface area contributed by atoms with Gasteiger partial charge in [0.05, 0.1) is 30.6 Å². The first-order chi connectivity index (χ1) is 16.4. The molecular weight excluding hydrogens is 462 g/mol. The van der Waals surface area contributed by atoms with Crippen LogP contribution < -0.4 is 26.4 Å². The standard InChI is InChI=1S/C23H30F2N6O4/c1-11(28-22(33)35-23(2,3)4)17(12-6-7-12)30-20-15(24)9-14(18(26)32)19(31-20)29-13-8-16(25)21(34-5)27-10-13/h8-12,17H,6-7H2,1-5H3,(H2,26,32)(H,28,33)(H2,29,30,31)/t11-,17-/m0/s1. The SMILES string of the molecule is COc1ncc(Nc2nc(N[C@H](C3CC3)[C@H](C)NC(=O)OC(C)(C)C)c(F)cc2C(N)=O)cc1F. The zero-order valence-electron chi connectivity index (χ0n) is 20.2. The largest absolute Gasteiger partial charge is 0.479 e. The highest BCUT2D eigenvalue weighted by Gasteiger charge is 2.37. The third kappa shape index (κ3) is 6.90. The number of halogens is 2. The summed E-state index contributed by atoms with van der Waals surface area (Å²) in [7, 11) is 1.28. The van der Waals surface area contributed by atoms with Gasteiger partial charge in [0, 0.05) is 12.1 Å². The van der Waals surface area contributed by atoms with Crippen molar-refractivity contribution < 1.29 is 27.8 Å². The summed E-state index contributed by atoms with van der Waals surface area (Å²) in [5.41, 5.74) is 4.65. The maximum atomic E-state index is 14.9. The van der Waals surface area contributed by atoms with Crippen LogP contribution in [0, 0.1) is 17.6 Å². The molecule has 2 atom stereocenters. The highest BCUT2D eigenvalue weighted by atomic mass is 19.1. The first kappa shape index (κ1) is 25.9. The molecule has 2 amide bonds. The Balaban J connectivity index is 1.85. The average molecular weight is 493 g/mol. The molecule has 2 heterocycles. The van der Waals surface area contributed by atoms with E-state index in [1.807, 2.05) is 0 Å². The van der Waals surface area contributed by atoms with E-state index in [9.17, 15) is 18.4 Å². The van der Waals surface area contributed by atoms with E-state index >= 15 is 0 Å². The van der Waals surface area contributed by atoms with Gasteiger partial charge < -0.3 is 31.2 Å². The van der Waals surface area contributed by atoms with E-state index in [4.69, 9.17) is 15.2 Å². The van der Waals surface area contributed by atoms with Gasteiger partial charge in [0.2, 0.25) is 5.88 Å². The number of rotatable bonds is 9. The Morgan fingerprint density at radius 3 is 2.40 bits per heavy atom. The Morgan fingerprint density at radius 1 is 1.17 bits per heavy atom. The van der Waals surface area contributed by atoms with E-state index < -0.39 is 35.3 Å². The number of nitrogens with two attached hydrogens (primary N) is 1. The second-order valence-electron chi connectivity index (χ2n) is 9.36. The van der Waals surface area contributed by atoms with Crippen molar-refractivity contribution in [2.24, 2.45) is 11.7 Å². The van der Waals surface area contributed by atoms with Crippen molar-refractivity contribution in [1.82, 2.24) is 15.3 Å². The second kappa shape index (κ2) is 10.3.